The molecule has 0 saturated carbocycles. The van der Waals surface area contributed by atoms with Crippen LogP contribution in [0.2, 0.25) is 7.25 Å². The molecule has 0 fully saturated rings. The molecule has 2 unspecified atom stereocenters. The van der Waals surface area contributed by atoms with Crippen molar-refractivity contribution in [3.8, 4) is 0 Å². The molecule has 0 aliphatic heterocycles. The standard InChI is InChI=1S/2C9H11.2ClH.Zr/c2*1-2-5-9-7-3-6-8(9)4-1;;;/h2*1,4,6H,2-3,5,7H2;2*1H;/q;;;;+2/p-2. The van der Waals surface area contributed by atoms with E-state index < -0.39 is 0 Å². The van der Waals surface area contributed by atoms with Gasteiger partial charge in [-0.25, -0.2) is 0 Å². The summed E-state index contributed by atoms with van der Waals surface area (Å²) in [7, 11) is 0. The Morgan fingerprint density at radius 3 is 1.67 bits per heavy atom. The van der Waals surface area contributed by atoms with Gasteiger partial charge in [0.1, 0.15) is 0 Å². The molecule has 3 heteroatoms. The number of hydrogen-bond acceptors (Lipinski definition) is 0. The molecule has 0 aromatic heterocycles. The van der Waals surface area contributed by atoms with Crippen molar-refractivity contribution >= 4 is 0 Å². The van der Waals surface area contributed by atoms with E-state index in [1.54, 1.807) is 0 Å². The van der Waals surface area contributed by atoms with Crippen molar-refractivity contribution in [2.45, 2.75) is 58.6 Å². The SMILES string of the molecule is C1=CC2=C(CC1)CC[CH]2[Zr+2][CH]1CCC2=C1C=CCC2.[Cl-].[Cl-]. The number of halogens is 2. The van der Waals surface area contributed by atoms with Gasteiger partial charge in [-0.1, -0.05) is 0 Å². The summed E-state index contributed by atoms with van der Waals surface area (Å²) in [6, 6.07) is 0. The van der Waals surface area contributed by atoms with Gasteiger partial charge in [0, 0.05) is 0 Å². The molecular formula is C18H22Cl2Zr. The predicted octanol–water partition coefficient (Wildman–Crippen LogP) is -0.465. The fraction of sp³-hybridized carbons (Fsp3) is 0.556. The minimum Gasteiger partial charge on any atom is -1.00 e. The van der Waals surface area contributed by atoms with E-state index in [0.29, 0.717) is 0 Å². The summed E-state index contributed by atoms with van der Waals surface area (Å²) in [5, 5.41) is 0. The van der Waals surface area contributed by atoms with Gasteiger partial charge in [0.25, 0.3) is 0 Å². The Balaban J connectivity index is 0.000000807. The van der Waals surface area contributed by atoms with Crippen LogP contribution >= 0.6 is 0 Å². The van der Waals surface area contributed by atoms with Crippen LogP contribution in [0.15, 0.2) is 46.6 Å². The second-order valence-electron chi connectivity index (χ2n) is 6.35. The van der Waals surface area contributed by atoms with Crippen LogP contribution in [-0.2, 0) is 23.2 Å². The molecule has 2 atom stereocenters. The second-order valence-corrected chi connectivity index (χ2v) is 10.6. The van der Waals surface area contributed by atoms with Crippen molar-refractivity contribution in [2.24, 2.45) is 0 Å². The molecule has 0 radical (unpaired) electrons. The first-order valence-corrected chi connectivity index (χ1v) is 10.8. The molecule has 112 valence electrons. The summed E-state index contributed by atoms with van der Waals surface area (Å²) in [5.74, 6) is 0. The average molecular weight is 401 g/mol. The molecule has 4 rings (SSSR count). The number of rotatable bonds is 2. The fourth-order valence-electron chi connectivity index (χ4n) is 4.26. The van der Waals surface area contributed by atoms with Gasteiger partial charge in [0.2, 0.25) is 0 Å². The van der Waals surface area contributed by atoms with Gasteiger partial charge in [-0.3, -0.25) is 0 Å². The summed E-state index contributed by atoms with van der Waals surface area (Å²) in [4.78, 5) is 0. The van der Waals surface area contributed by atoms with Crippen LogP contribution in [0.25, 0.3) is 0 Å². The minimum atomic E-state index is -0.301. The van der Waals surface area contributed by atoms with Gasteiger partial charge >= 0.3 is 128 Å². The van der Waals surface area contributed by atoms with E-state index >= 15 is 0 Å². The van der Waals surface area contributed by atoms with E-state index in [2.05, 4.69) is 24.3 Å². The first kappa shape index (κ1) is 17.8. The summed E-state index contributed by atoms with van der Waals surface area (Å²) in [6.45, 7) is 0. The fourth-order valence-corrected chi connectivity index (χ4v) is 9.34. The zero-order valence-corrected chi connectivity index (χ0v) is 16.3. The predicted molar refractivity (Wildman–Crippen MR) is 76.8 cm³/mol. The van der Waals surface area contributed by atoms with Crippen molar-refractivity contribution in [3.63, 3.8) is 0 Å². The smallest absolute Gasteiger partial charge is 1.00 e. The molecule has 0 amide bonds. The Kier molecular flexibility index (Phi) is 6.60. The molecule has 0 aromatic rings. The van der Waals surface area contributed by atoms with E-state index in [-0.39, 0.29) is 48.0 Å². The molecule has 0 aromatic carbocycles. The third-order valence-corrected chi connectivity index (χ3v) is 10.2. The Labute approximate surface area is 152 Å². The monoisotopic (exact) mass is 398 g/mol. The summed E-state index contributed by atoms with van der Waals surface area (Å²) < 4.78 is 2.09. The van der Waals surface area contributed by atoms with Gasteiger partial charge in [-0.15, -0.1) is 0 Å². The van der Waals surface area contributed by atoms with Crippen LogP contribution in [-0.4, -0.2) is 0 Å². The molecule has 0 N–H and O–H groups in total. The molecule has 0 saturated heterocycles. The first-order chi connectivity index (χ1) is 9.42. The van der Waals surface area contributed by atoms with E-state index in [1.165, 1.54) is 51.4 Å². The molecule has 21 heavy (non-hydrogen) atoms. The molecule has 0 bridgehead atoms. The largest absolute Gasteiger partial charge is 1.00 e. The van der Waals surface area contributed by atoms with Crippen LogP contribution in [0.4, 0.5) is 0 Å². The van der Waals surface area contributed by atoms with Gasteiger partial charge in [0.15, 0.2) is 0 Å². The Morgan fingerprint density at radius 1 is 0.714 bits per heavy atom. The zero-order valence-electron chi connectivity index (χ0n) is 12.4. The second kappa shape index (κ2) is 7.80. The number of hydrogen-bond donors (Lipinski definition) is 0. The third kappa shape index (κ3) is 3.51. The topological polar surface area (TPSA) is 0 Å². The number of allylic oxidation sites excluding steroid dienone is 8. The third-order valence-electron chi connectivity index (χ3n) is 5.26. The summed E-state index contributed by atoms with van der Waals surface area (Å²) in [5.41, 5.74) is 7.29. The molecule has 0 spiro atoms. The van der Waals surface area contributed by atoms with Crippen molar-refractivity contribution in [1.29, 1.82) is 0 Å². The zero-order chi connectivity index (χ0) is 12.7. The molecule has 4 aliphatic rings. The van der Waals surface area contributed by atoms with Crippen LogP contribution in [0.1, 0.15) is 51.4 Å². The van der Waals surface area contributed by atoms with E-state index in [1.807, 2.05) is 22.3 Å². The van der Waals surface area contributed by atoms with E-state index in [0.717, 1.165) is 7.25 Å². The quantitative estimate of drug-likeness (QED) is 0.588. The van der Waals surface area contributed by atoms with Crippen LogP contribution in [0, 0.1) is 0 Å². The first-order valence-electron chi connectivity index (χ1n) is 7.95. The van der Waals surface area contributed by atoms with Crippen molar-refractivity contribution in [1.82, 2.24) is 0 Å². The summed E-state index contributed by atoms with van der Waals surface area (Å²) >= 11 is -0.301. The minimum absolute atomic E-state index is 0. The van der Waals surface area contributed by atoms with Gasteiger partial charge in [0.05, 0.1) is 0 Å². The maximum absolute atomic E-state index is 2.50. The summed E-state index contributed by atoms with van der Waals surface area (Å²) in [6.07, 6.45) is 21.1. The average Bonchev–Trinajstić information content (AvgIpc) is 3.05. The van der Waals surface area contributed by atoms with Crippen molar-refractivity contribution in [2.75, 3.05) is 0 Å². The molecular weight excluding hydrogens is 378 g/mol. The van der Waals surface area contributed by atoms with E-state index in [4.69, 9.17) is 0 Å². The normalized spacial score (nSPS) is 29.5. The Hall–Kier alpha value is 0.423. The maximum atomic E-state index is 2.50. The van der Waals surface area contributed by atoms with Crippen LogP contribution in [0.3, 0.4) is 0 Å². The molecule has 4 aliphatic carbocycles. The Morgan fingerprint density at radius 2 is 1.19 bits per heavy atom. The van der Waals surface area contributed by atoms with Gasteiger partial charge in [-0.2, -0.15) is 0 Å². The van der Waals surface area contributed by atoms with Gasteiger partial charge < -0.3 is 24.8 Å². The Bertz CT molecular complexity index is 467. The van der Waals surface area contributed by atoms with Crippen molar-refractivity contribution < 1.29 is 48.0 Å². The van der Waals surface area contributed by atoms with E-state index in [9.17, 15) is 0 Å². The maximum Gasteiger partial charge on any atom is -1.00 e. The molecule has 0 nitrogen and oxygen atoms in total. The van der Waals surface area contributed by atoms with Crippen molar-refractivity contribution in [3.05, 3.63) is 46.6 Å². The van der Waals surface area contributed by atoms with Crippen LogP contribution < -0.4 is 24.8 Å². The van der Waals surface area contributed by atoms with Gasteiger partial charge in [-0.05, 0) is 0 Å². The molecule has 0 heterocycles. The van der Waals surface area contributed by atoms with Crippen LogP contribution in [0.5, 0.6) is 0 Å².